The Morgan fingerprint density at radius 3 is 2.53 bits per heavy atom. The summed E-state index contributed by atoms with van der Waals surface area (Å²) < 4.78 is 37.4. The molecule has 1 aromatic rings. The van der Waals surface area contributed by atoms with Gasteiger partial charge in [-0.15, -0.1) is 0 Å². The van der Waals surface area contributed by atoms with Gasteiger partial charge in [0.05, 0.1) is 5.56 Å². The van der Waals surface area contributed by atoms with Crippen molar-refractivity contribution in [2.24, 2.45) is 0 Å². The molecular weight excluding hydrogens is 293 g/mol. The van der Waals surface area contributed by atoms with Crippen LogP contribution in [0.2, 0.25) is 0 Å². The molecule has 0 saturated carbocycles. The van der Waals surface area contributed by atoms with E-state index < -0.39 is 11.7 Å². The van der Waals surface area contributed by atoms with Gasteiger partial charge in [0.2, 0.25) is 0 Å². The molecule has 0 heterocycles. The number of halogens is 4. The quantitative estimate of drug-likeness (QED) is 0.656. The Balaban J connectivity index is 2.60. The van der Waals surface area contributed by atoms with Crippen LogP contribution in [0.3, 0.4) is 0 Å². The second kappa shape index (κ2) is 6.43. The summed E-state index contributed by atoms with van der Waals surface area (Å²) in [5, 5.41) is 0. The summed E-state index contributed by atoms with van der Waals surface area (Å²) in [5.41, 5.74) is 0.192. The van der Waals surface area contributed by atoms with Gasteiger partial charge in [-0.2, -0.15) is 13.2 Å². The lowest BCUT2D eigenvalue weighted by Gasteiger charge is -2.10. The average molecular weight is 309 g/mol. The zero-order valence-corrected chi connectivity index (χ0v) is 11.3. The molecule has 0 bridgehead atoms. The van der Waals surface area contributed by atoms with Crippen molar-refractivity contribution in [3.8, 4) is 0 Å². The average Bonchev–Trinajstić information content (AvgIpc) is 2.26. The smallest absolute Gasteiger partial charge is 0.166 e. The molecule has 0 radical (unpaired) electrons. The third kappa shape index (κ3) is 5.11. The van der Waals surface area contributed by atoms with Gasteiger partial charge in [0.15, 0.2) is 0 Å². The summed E-state index contributed by atoms with van der Waals surface area (Å²) in [6.45, 7) is 2.10. The van der Waals surface area contributed by atoms with Gasteiger partial charge in [0.1, 0.15) is 0 Å². The molecule has 1 rings (SSSR count). The number of alkyl halides is 4. The van der Waals surface area contributed by atoms with Crippen LogP contribution in [0.1, 0.15) is 37.3 Å². The zero-order valence-electron chi connectivity index (χ0n) is 9.73. The molecule has 17 heavy (non-hydrogen) atoms. The molecule has 1 aromatic carbocycles. The molecule has 0 saturated heterocycles. The molecular formula is C13H16BrF3. The summed E-state index contributed by atoms with van der Waals surface area (Å²) >= 11 is 3.53. The van der Waals surface area contributed by atoms with Crippen LogP contribution < -0.4 is 0 Å². The number of rotatable bonds is 5. The molecule has 0 aromatic heterocycles. The van der Waals surface area contributed by atoms with E-state index in [0.717, 1.165) is 30.9 Å². The lowest BCUT2D eigenvalue weighted by molar-refractivity contribution is -0.137. The molecule has 0 spiro atoms. The van der Waals surface area contributed by atoms with Gasteiger partial charge in [-0.05, 0) is 30.9 Å². The fourth-order valence-corrected chi connectivity index (χ4v) is 2.37. The van der Waals surface area contributed by atoms with Gasteiger partial charge in [0, 0.05) is 4.83 Å². The van der Waals surface area contributed by atoms with Crippen molar-refractivity contribution in [1.82, 2.24) is 0 Å². The second-order valence-electron chi connectivity index (χ2n) is 4.12. The van der Waals surface area contributed by atoms with Crippen LogP contribution in [0.25, 0.3) is 0 Å². The molecule has 96 valence electrons. The van der Waals surface area contributed by atoms with Crippen molar-refractivity contribution in [3.05, 3.63) is 35.4 Å². The van der Waals surface area contributed by atoms with Crippen LogP contribution in [-0.4, -0.2) is 4.83 Å². The second-order valence-corrected chi connectivity index (χ2v) is 5.42. The van der Waals surface area contributed by atoms with E-state index in [4.69, 9.17) is 0 Å². The van der Waals surface area contributed by atoms with Crippen LogP contribution in [0.5, 0.6) is 0 Å². The number of hydrogen-bond acceptors (Lipinski definition) is 0. The molecule has 0 fully saturated rings. The summed E-state index contributed by atoms with van der Waals surface area (Å²) in [5.74, 6) is 0. The Labute approximate surface area is 108 Å². The Kier molecular flexibility index (Phi) is 5.50. The predicted molar refractivity (Wildman–Crippen MR) is 67.4 cm³/mol. The van der Waals surface area contributed by atoms with Crippen LogP contribution in [-0.2, 0) is 12.6 Å². The highest BCUT2D eigenvalue weighted by Gasteiger charge is 2.30. The minimum Gasteiger partial charge on any atom is -0.166 e. The molecule has 0 nitrogen and oxygen atoms in total. The zero-order chi connectivity index (χ0) is 12.9. The van der Waals surface area contributed by atoms with Crippen molar-refractivity contribution >= 4 is 15.9 Å². The lowest BCUT2D eigenvalue weighted by atomic mass is 10.0. The molecule has 1 unspecified atom stereocenters. The highest BCUT2D eigenvalue weighted by Crippen LogP contribution is 2.30. The van der Waals surface area contributed by atoms with Crippen molar-refractivity contribution in [1.29, 1.82) is 0 Å². The highest BCUT2D eigenvalue weighted by atomic mass is 79.9. The minimum atomic E-state index is -4.24. The normalized spacial score (nSPS) is 13.7. The van der Waals surface area contributed by atoms with Gasteiger partial charge in [-0.25, -0.2) is 0 Å². The highest BCUT2D eigenvalue weighted by molar-refractivity contribution is 9.09. The summed E-state index contributed by atoms with van der Waals surface area (Å²) in [7, 11) is 0. The molecule has 1 atom stereocenters. The van der Waals surface area contributed by atoms with Gasteiger partial charge in [-0.1, -0.05) is 47.5 Å². The molecule has 0 N–H and O–H groups in total. The first-order valence-corrected chi connectivity index (χ1v) is 6.65. The number of hydrogen-bond donors (Lipinski definition) is 0. The third-order valence-corrected chi connectivity index (χ3v) is 3.52. The van der Waals surface area contributed by atoms with Crippen molar-refractivity contribution in [2.75, 3.05) is 0 Å². The van der Waals surface area contributed by atoms with Crippen molar-refractivity contribution in [2.45, 2.75) is 43.6 Å². The van der Waals surface area contributed by atoms with E-state index in [0.29, 0.717) is 11.2 Å². The minimum absolute atomic E-state index is 0.391. The maximum Gasteiger partial charge on any atom is 0.416 e. The molecule has 0 aliphatic carbocycles. The molecule has 0 aliphatic heterocycles. The van der Waals surface area contributed by atoms with E-state index in [-0.39, 0.29) is 0 Å². The number of aryl methyl sites for hydroxylation is 1. The molecule has 4 heteroatoms. The van der Waals surface area contributed by atoms with Gasteiger partial charge < -0.3 is 0 Å². The summed E-state index contributed by atoms with van der Waals surface area (Å²) in [4.78, 5) is 0.391. The van der Waals surface area contributed by atoms with E-state index >= 15 is 0 Å². The van der Waals surface area contributed by atoms with E-state index in [1.165, 1.54) is 12.1 Å². The monoisotopic (exact) mass is 308 g/mol. The topological polar surface area (TPSA) is 0 Å². The first-order valence-electron chi connectivity index (χ1n) is 5.73. The van der Waals surface area contributed by atoms with E-state index in [1.54, 1.807) is 6.07 Å². The van der Waals surface area contributed by atoms with Gasteiger partial charge >= 0.3 is 6.18 Å². The standard InChI is InChI=1S/C13H16BrF3/c1-2-4-12(14)8-7-10-5-3-6-11(9-10)13(15,16)17/h3,5-6,9,12H,2,4,7-8H2,1H3. The molecule has 0 amide bonds. The SMILES string of the molecule is CCCC(Br)CCc1cccc(C(F)(F)F)c1. The fraction of sp³-hybridized carbons (Fsp3) is 0.538. The fourth-order valence-electron chi connectivity index (χ4n) is 1.68. The van der Waals surface area contributed by atoms with E-state index in [9.17, 15) is 13.2 Å². The lowest BCUT2D eigenvalue weighted by Crippen LogP contribution is -2.06. The maximum absolute atomic E-state index is 12.5. The van der Waals surface area contributed by atoms with Crippen LogP contribution >= 0.6 is 15.9 Å². The van der Waals surface area contributed by atoms with Crippen LogP contribution in [0.15, 0.2) is 24.3 Å². The first-order chi connectivity index (χ1) is 7.93. The van der Waals surface area contributed by atoms with E-state index in [1.807, 2.05) is 0 Å². The largest absolute Gasteiger partial charge is 0.416 e. The number of benzene rings is 1. The Bertz CT molecular complexity index is 347. The summed E-state index contributed by atoms with van der Waals surface area (Å²) in [6, 6.07) is 5.58. The Hall–Kier alpha value is -0.510. The predicted octanol–water partition coefficient (Wildman–Crippen LogP) is 5.20. The van der Waals surface area contributed by atoms with Crippen molar-refractivity contribution < 1.29 is 13.2 Å². The van der Waals surface area contributed by atoms with Crippen LogP contribution in [0.4, 0.5) is 13.2 Å². The first kappa shape index (κ1) is 14.6. The Morgan fingerprint density at radius 2 is 1.94 bits per heavy atom. The third-order valence-electron chi connectivity index (χ3n) is 2.60. The Morgan fingerprint density at radius 1 is 1.24 bits per heavy atom. The maximum atomic E-state index is 12.5. The summed E-state index contributed by atoms with van der Waals surface area (Å²) in [6.07, 6.45) is -0.556. The van der Waals surface area contributed by atoms with E-state index in [2.05, 4.69) is 22.9 Å². The van der Waals surface area contributed by atoms with Gasteiger partial charge in [0.25, 0.3) is 0 Å². The van der Waals surface area contributed by atoms with Gasteiger partial charge in [-0.3, -0.25) is 0 Å². The molecule has 0 aliphatic rings. The van der Waals surface area contributed by atoms with Crippen molar-refractivity contribution in [3.63, 3.8) is 0 Å². The van der Waals surface area contributed by atoms with Crippen LogP contribution in [0, 0.1) is 0 Å².